The lowest BCUT2D eigenvalue weighted by atomic mass is 9.90. The van der Waals surface area contributed by atoms with Gasteiger partial charge in [0.1, 0.15) is 12.7 Å². The third-order valence-corrected chi connectivity index (χ3v) is 4.91. The fraction of sp³-hybridized carbons (Fsp3) is 0.300. The molecule has 1 amide bonds. The Morgan fingerprint density at radius 1 is 1.12 bits per heavy atom. The van der Waals surface area contributed by atoms with Gasteiger partial charge in [-0.2, -0.15) is 5.10 Å². The third kappa shape index (κ3) is 3.64. The molecule has 6 heteroatoms. The molecule has 0 N–H and O–H groups in total. The number of piperidine rings is 1. The quantitative estimate of drug-likeness (QED) is 0.728. The van der Waals surface area contributed by atoms with E-state index >= 15 is 0 Å². The number of hydrogen-bond donors (Lipinski definition) is 0. The lowest BCUT2D eigenvalue weighted by Gasteiger charge is -2.32. The smallest absolute Gasteiger partial charge is 0.254 e. The van der Waals surface area contributed by atoms with E-state index in [4.69, 9.17) is 0 Å². The van der Waals surface area contributed by atoms with Gasteiger partial charge in [-0.15, -0.1) is 0 Å². The van der Waals surface area contributed by atoms with Crippen LogP contribution in [0.5, 0.6) is 0 Å². The number of hydrogen-bond acceptors (Lipinski definition) is 4. The molecular formula is C20H21N5O. The Bertz CT molecular complexity index is 855. The first-order chi connectivity index (χ1) is 12.8. The molecule has 3 heterocycles. The van der Waals surface area contributed by atoms with Crippen molar-refractivity contribution in [2.45, 2.75) is 19.3 Å². The Morgan fingerprint density at radius 2 is 1.92 bits per heavy atom. The minimum atomic E-state index is 0.0620. The van der Waals surface area contributed by atoms with E-state index in [1.54, 1.807) is 29.3 Å². The van der Waals surface area contributed by atoms with Crippen LogP contribution in [0.3, 0.4) is 0 Å². The number of carbonyl (C=O) groups excluding carboxylic acids is 1. The summed E-state index contributed by atoms with van der Waals surface area (Å²) in [4.78, 5) is 23.0. The van der Waals surface area contributed by atoms with Crippen LogP contribution in [0.4, 0.5) is 0 Å². The number of rotatable bonds is 4. The van der Waals surface area contributed by atoms with Crippen molar-refractivity contribution in [3.63, 3.8) is 0 Å². The molecule has 1 aliphatic heterocycles. The average molecular weight is 347 g/mol. The lowest BCUT2D eigenvalue weighted by molar-refractivity contribution is 0.0690. The second-order valence-corrected chi connectivity index (χ2v) is 6.67. The summed E-state index contributed by atoms with van der Waals surface area (Å²) in [5, 5.41) is 4.07. The topological polar surface area (TPSA) is 63.9 Å². The van der Waals surface area contributed by atoms with E-state index in [-0.39, 0.29) is 5.91 Å². The molecule has 0 bridgehead atoms. The molecule has 0 aliphatic carbocycles. The van der Waals surface area contributed by atoms with E-state index in [9.17, 15) is 4.79 Å². The van der Waals surface area contributed by atoms with Gasteiger partial charge in [0.25, 0.3) is 5.91 Å². The second-order valence-electron chi connectivity index (χ2n) is 6.67. The van der Waals surface area contributed by atoms with Crippen molar-refractivity contribution in [1.82, 2.24) is 24.6 Å². The fourth-order valence-electron chi connectivity index (χ4n) is 3.47. The van der Waals surface area contributed by atoms with E-state index in [1.807, 2.05) is 11.0 Å². The molecule has 0 radical (unpaired) electrons. The summed E-state index contributed by atoms with van der Waals surface area (Å²) in [6, 6.07) is 14.1. The van der Waals surface area contributed by atoms with Crippen LogP contribution in [0.15, 0.2) is 61.3 Å². The monoisotopic (exact) mass is 347 g/mol. The van der Waals surface area contributed by atoms with Crippen LogP contribution in [0.2, 0.25) is 0 Å². The van der Waals surface area contributed by atoms with Gasteiger partial charge in [-0.3, -0.25) is 4.79 Å². The number of amides is 1. The van der Waals surface area contributed by atoms with Crippen molar-refractivity contribution in [1.29, 1.82) is 0 Å². The van der Waals surface area contributed by atoms with E-state index < -0.39 is 0 Å². The summed E-state index contributed by atoms with van der Waals surface area (Å²) in [6.07, 6.45) is 7.85. The highest BCUT2D eigenvalue weighted by molar-refractivity contribution is 5.94. The van der Waals surface area contributed by atoms with E-state index in [1.165, 1.54) is 11.9 Å². The molecule has 4 rings (SSSR count). The summed E-state index contributed by atoms with van der Waals surface area (Å²) in [5.74, 6) is 1.31. The first kappa shape index (κ1) is 16.4. The zero-order chi connectivity index (χ0) is 17.8. The van der Waals surface area contributed by atoms with Crippen LogP contribution in [-0.4, -0.2) is 43.6 Å². The predicted molar refractivity (Wildman–Crippen MR) is 97.9 cm³/mol. The first-order valence-electron chi connectivity index (χ1n) is 8.94. The van der Waals surface area contributed by atoms with E-state index in [0.29, 0.717) is 17.3 Å². The van der Waals surface area contributed by atoms with Crippen LogP contribution in [0.25, 0.3) is 5.82 Å². The van der Waals surface area contributed by atoms with Gasteiger partial charge < -0.3 is 4.90 Å². The van der Waals surface area contributed by atoms with E-state index in [0.717, 1.165) is 32.4 Å². The maximum Gasteiger partial charge on any atom is 0.254 e. The molecule has 1 saturated heterocycles. The number of pyridine rings is 1. The van der Waals surface area contributed by atoms with Gasteiger partial charge in [-0.25, -0.2) is 14.6 Å². The minimum absolute atomic E-state index is 0.0620. The summed E-state index contributed by atoms with van der Waals surface area (Å²) in [5.41, 5.74) is 2.02. The molecule has 0 spiro atoms. The molecule has 0 unspecified atom stereocenters. The Kier molecular flexibility index (Phi) is 4.73. The summed E-state index contributed by atoms with van der Waals surface area (Å²) in [7, 11) is 0. The van der Waals surface area contributed by atoms with Crippen molar-refractivity contribution in [3.05, 3.63) is 72.4 Å². The van der Waals surface area contributed by atoms with Gasteiger partial charge in [-0.1, -0.05) is 30.3 Å². The summed E-state index contributed by atoms with van der Waals surface area (Å²) >= 11 is 0. The molecule has 1 aliphatic rings. The first-order valence-corrected chi connectivity index (χ1v) is 8.94. The molecule has 6 nitrogen and oxygen atoms in total. The van der Waals surface area contributed by atoms with Crippen molar-refractivity contribution in [2.75, 3.05) is 13.1 Å². The molecule has 26 heavy (non-hydrogen) atoms. The second kappa shape index (κ2) is 7.47. The van der Waals surface area contributed by atoms with Crippen LogP contribution in [0, 0.1) is 5.92 Å². The SMILES string of the molecule is O=C(c1ccnc(-n2cncn2)c1)N1CCC(Cc2ccccc2)CC1. The van der Waals surface area contributed by atoms with Crippen molar-refractivity contribution >= 4 is 5.91 Å². The number of aromatic nitrogens is 4. The number of likely N-dealkylation sites (tertiary alicyclic amines) is 1. The van der Waals surface area contributed by atoms with Gasteiger partial charge >= 0.3 is 0 Å². The Labute approximate surface area is 152 Å². The normalized spacial score (nSPS) is 15.2. The molecular weight excluding hydrogens is 326 g/mol. The molecule has 132 valence electrons. The maximum absolute atomic E-state index is 12.8. The molecule has 1 aromatic carbocycles. The van der Waals surface area contributed by atoms with Gasteiger partial charge in [0.15, 0.2) is 5.82 Å². The predicted octanol–water partition coefficient (Wildman–Crippen LogP) is 2.76. The largest absolute Gasteiger partial charge is 0.339 e. The molecule has 3 aromatic rings. The average Bonchev–Trinajstić information content (AvgIpc) is 3.24. The van der Waals surface area contributed by atoms with Crippen molar-refractivity contribution < 1.29 is 4.79 Å². The van der Waals surface area contributed by atoms with Crippen LogP contribution >= 0.6 is 0 Å². The molecule has 0 saturated carbocycles. The van der Waals surface area contributed by atoms with Gasteiger partial charge in [-0.05, 0) is 42.9 Å². The van der Waals surface area contributed by atoms with Crippen LogP contribution in [0.1, 0.15) is 28.8 Å². The highest BCUT2D eigenvalue weighted by Crippen LogP contribution is 2.23. The zero-order valence-electron chi connectivity index (χ0n) is 14.5. The van der Waals surface area contributed by atoms with Crippen molar-refractivity contribution in [3.8, 4) is 5.82 Å². The Hall–Kier alpha value is -3.02. The number of carbonyl (C=O) groups is 1. The van der Waals surface area contributed by atoms with Gasteiger partial charge in [0, 0.05) is 24.8 Å². The highest BCUT2D eigenvalue weighted by Gasteiger charge is 2.24. The molecule has 1 fully saturated rings. The third-order valence-electron chi connectivity index (χ3n) is 4.91. The summed E-state index contributed by atoms with van der Waals surface area (Å²) < 4.78 is 1.56. The number of benzene rings is 1. The van der Waals surface area contributed by atoms with Crippen LogP contribution < -0.4 is 0 Å². The minimum Gasteiger partial charge on any atom is -0.339 e. The zero-order valence-corrected chi connectivity index (χ0v) is 14.5. The van der Waals surface area contributed by atoms with Crippen LogP contribution in [-0.2, 0) is 6.42 Å². The fourth-order valence-corrected chi connectivity index (χ4v) is 3.47. The van der Waals surface area contributed by atoms with Gasteiger partial charge in [0.05, 0.1) is 0 Å². The van der Waals surface area contributed by atoms with Gasteiger partial charge in [0.2, 0.25) is 0 Å². The van der Waals surface area contributed by atoms with E-state index in [2.05, 4.69) is 39.3 Å². The lowest BCUT2D eigenvalue weighted by Crippen LogP contribution is -2.39. The summed E-state index contributed by atoms with van der Waals surface area (Å²) in [6.45, 7) is 1.61. The molecule has 2 aromatic heterocycles. The Balaban J connectivity index is 1.39. The standard InChI is InChI=1S/C20H21N5O/c26-20(18-6-9-22-19(13-18)25-15-21-14-23-25)24-10-7-17(8-11-24)12-16-4-2-1-3-5-16/h1-6,9,13-15,17H,7-8,10-12H2. The highest BCUT2D eigenvalue weighted by atomic mass is 16.2. The maximum atomic E-state index is 12.8. The Morgan fingerprint density at radius 3 is 2.65 bits per heavy atom. The van der Waals surface area contributed by atoms with Crippen molar-refractivity contribution in [2.24, 2.45) is 5.92 Å². The number of nitrogens with zero attached hydrogens (tertiary/aromatic N) is 5. The molecule has 0 atom stereocenters.